The van der Waals surface area contributed by atoms with Crippen LogP contribution in [0.1, 0.15) is 65.3 Å². The first-order valence-corrected chi connectivity index (χ1v) is 30.6. The summed E-state index contributed by atoms with van der Waals surface area (Å²) in [5.41, 5.74) is 0.189. The Morgan fingerprint density at radius 2 is 0.989 bits per heavy atom. The lowest BCUT2D eigenvalue weighted by atomic mass is 9.95. The van der Waals surface area contributed by atoms with Crippen molar-refractivity contribution < 1.29 is 95.1 Å². The molecule has 22 nitrogen and oxygen atoms in total. The molecule has 90 heavy (non-hydrogen) atoms. The van der Waals surface area contributed by atoms with Crippen molar-refractivity contribution in [1.29, 1.82) is 0 Å². The van der Waals surface area contributed by atoms with Gasteiger partial charge in [-0.3, -0.25) is 9.59 Å². The van der Waals surface area contributed by atoms with Crippen LogP contribution in [-0.2, 0) is 85.5 Å². The zero-order valence-electron chi connectivity index (χ0n) is 50.3. The number of rotatable bonds is 43. The van der Waals surface area contributed by atoms with Crippen LogP contribution in [0.15, 0.2) is 139 Å². The molecule has 0 fully saturated rings. The first kappa shape index (κ1) is 71.2. The van der Waals surface area contributed by atoms with Gasteiger partial charge in [0.2, 0.25) is 0 Å². The summed E-state index contributed by atoms with van der Waals surface area (Å²) >= 11 is 2.70. The minimum atomic E-state index is -0.884. The van der Waals surface area contributed by atoms with Crippen LogP contribution in [0.3, 0.4) is 0 Å². The number of fused-ring (bicyclic) bond motifs is 4. The molecule has 2 aromatic heterocycles. The quantitative estimate of drug-likeness (QED) is 0.00863. The lowest BCUT2D eigenvalue weighted by Gasteiger charge is -2.23. The van der Waals surface area contributed by atoms with Crippen molar-refractivity contribution in [3.63, 3.8) is 0 Å². The number of carbonyl (C=O) groups excluding carboxylic acids is 6. The minimum Gasteiger partial charge on any atom is -0.463 e. The molecule has 6 aromatic rings. The Bertz CT molecular complexity index is 3540. The molecule has 0 radical (unpaired) electrons. The van der Waals surface area contributed by atoms with Gasteiger partial charge in [0.1, 0.15) is 38.6 Å². The molecule has 4 aromatic carbocycles. The Hall–Kier alpha value is -7.88. The second kappa shape index (κ2) is 38.6. The number of esters is 6. The van der Waals surface area contributed by atoms with Crippen molar-refractivity contribution in [3.05, 3.63) is 167 Å². The predicted octanol–water partition coefficient (Wildman–Crippen LogP) is 8.89. The van der Waals surface area contributed by atoms with Gasteiger partial charge in [-0.25, -0.2) is 28.8 Å². The van der Waals surface area contributed by atoms with Crippen molar-refractivity contribution in [2.45, 2.75) is 63.8 Å². The highest BCUT2D eigenvalue weighted by molar-refractivity contribution is 7.25. The van der Waals surface area contributed by atoms with Gasteiger partial charge in [-0.15, -0.1) is 22.7 Å². The fraction of sp³-hybridized carbons (Fsp3) is 0.394. The van der Waals surface area contributed by atoms with E-state index in [1.165, 1.54) is 34.8 Å². The highest BCUT2D eigenvalue weighted by Crippen LogP contribution is 2.35. The molecule has 0 N–H and O–H groups in total. The zero-order valence-corrected chi connectivity index (χ0v) is 51.9. The Kier molecular flexibility index (Phi) is 30.6. The van der Waals surface area contributed by atoms with E-state index in [1.54, 1.807) is 62.4 Å². The highest BCUT2D eigenvalue weighted by Gasteiger charge is 2.25. The van der Waals surface area contributed by atoms with Crippen LogP contribution in [0.25, 0.3) is 40.3 Å². The summed E-state index contributed by atoms with van der Waals surface area (Å²) in [5, 5.41) is 1.35. The summed E-state index contributed by atoms with van der Waals surface area (Å²) in [6, 6.07) is 22.1. The Balaban J connectivity index is 1.14. The predicted molar refractivity (Wildman–Crippen MR) is 337 cm³/mol. The fourth-order valence-electron chi connectivity index (χ4n) is 8.77. The van der Waals surface area contributed by atoms with Crippen molar-refractivity contribution >= 4 is 98.8 Å². The summed E-state index contributed by atoms with van der Waals surface area (Å²) in [4.78, 5) is 102. The SMILES string of the molecule is C=CC(=O)OCCCCOCC(COC(=O)c1cccc2sc3c(C(CCOCC(COC(=O)c4ccc5sc6ccccc6c(=O)c5c4)OC(C)OCCOCCOC(=O)C=C)COC(=O)C=C)cccc3c(=O)c12)OC(C)OCCOCCOC(=O)C=C. The van der Waals surface area contributed by atoms with E-state index in [0.29, 0.717) is 48.7 Å². The van der Waals surface area contributed by atoms with Crippen LogP contribution in [-0.4, -0.2) is 166 Å². The van der Waals surface area contributed by atoms with Crippen molar-refractivity contribution in [1.82, 2.24) is 0 Å². The number of unbranched alkanes of at least 4 members (excludes halogenated alkanes) is 1. The van der Waals surface area contributed by atoms with Crippen LogP contribution < -0.4 is 10.9 Å². The summed E-state index contributed by atoms with van der Waals surface area (Å²) in [6.45, 7) is 17.5. The third-order valence-corrected chi connectivity index (χ3v) is 15.5. The van der Waals surface area contributed by atoms with Gasteiger partial charge in [0.15, 0.2) is 23.4 Å². The van der Waals surface area contributed by atoms with E-state index in [4.69, 9.17) is 66.3 Å². The maximum absolute atomic E-state index is 14.7. The first-order chi connectivity index (χ1) is 43.6. The Morgan fingerprint density at radius 1 is 0.456 bits per heavy atom. The average molecular weight is 1280 g/mol. The maximum Gasteiger partial charge on any atom is 0.339 e. The molecule has 0 amide bonds. The number of ether oxygens (including phenoxy) is 14. The van der Waals surface area contributed by atoms with Crippen LogP contribution in [0.2, 0.25) is 0 Å². The van der Waals surface area contributed by atoms with Crippen LogP contribution >= 0.6 is 22.7 Å². The monoisotopic (exact) mass is 1280 g/mol. The summed E-state index contributed by atoms with van der Waals surface area (Å²) in [5.74, 6) is -4.37. The Labute approximate surface area is 527 Å². The molecular weight excluding hydrogens is 1210 g/mol. The first-order valence-electron chi connectivity index (χ1n) is 28.9. The smallest absolute Gasteiger partial charge is 0.339 e. The van der Waals surface area contributed by atoms with Crippen LogP contribution in [0.5, 0.6) is 0 Å². The third-order valence-electron chi connectivity index (χ3n) is 13.1. The molecule has 0 aliphatic heterocycles. The molecule has 5 unspecified atom stereocenters. The van der Waals surface area contributed by atoms with Gasteiger partial charge in [-0.1, -0.05) is 56.6 Å². The standard InChI is InChI=1S/C66H74O22S2/c1-7-57(67)81-27-14-13-26-77-39-47(87-43(5)79-33-29-75-31-35-82-58(68)8-2)42-86-66(74)51-19-16-22-56-61(51)63(72)52-20-15-18-49(64(52)90-56)46(38-84-60(70)10-4)25-28-78-40-48(88-44(6)80-34-30-76-32-36-83-59(69)9-3)41-85-65(73)45-23-24-55-53(37-45)62(71)50-17-11-12-21-54(50)89-55/h7-12,15-24,37,43-44,46-48H,1-4,13-14,25-36,38-42H2,5-6H3. The van der Waals surface area contributed by atoms with E-state index in [9.17, 15) is 38.4 Å². The maximum atomic E-state index is 14.7. The molecule has 0 saturated heterocycles. The Morgan fingerprint density at radius 3 is 1.63 bits per heavy atom. The molecule has 2 heterocycles. The number of benzene rings is 4. The molecule has 0 aliphatic rings. The van der Waals surface area contributed by atoms with Gasteiger partial charge in [0.25, 0.3) is 0 Å². The molecule has 0 bridgehead atoms. The van der Waals surface area contributed by atoms with Gasteiger partial charge >= 0.3 is 35.8 Å². The van der Waals surface area contributed by atoms with Gasteiger partial charge in [-0.05, 0) is 87.2 Å². The normalized spacial score (nSPS) is 13.0. The highest BCUT2D eigenvalue weighted by atomic mass is 32.1. The molecular formula is C66H74O22S2. The zero-order chi connectivity index (χ0) is 64.6. The van der Waals surface area contributed by atoms with Crippen molar-refractivity contribution in [2.24, 2.45) is 0 Å². The lowest BCUT2D eigenvalue weighted by molar-refractivity contribution is -0.186. The summed E-state index contributed by atoms with van der Waals surface area (Å²) < 4.78 is 81.5. The van der Waals surface area contributed by atoms with Gasteiger partial charge < -0.3 is 66.3 Å². The number of hydrogen-bond acceptors (Lipinski definition) is 24. The number of carbonyl (C=O) groups is 6. The van der Waals surface area contributed by atoms with Gasteiger partial charge in [0.05, 0.1) is 82.6 Å². The largest absolute Gasteiger partial charge is 0.463 e. The minimum absolute atomic E-state index is 0.0159. The molecule has 0 aliphatic carbocycles. The average Bonchev–Trinajstić information content (AvgIpc) is 0.779. The topological polar surface area (TPSA) is 266 Å². The molecule has 24 heteroatoms. The van der Waals surface area contributed by atoms with E-state index in [2.05, 4.69) is 26.3 Å². The molecule has 6 rings (SSSR count). The third kappa shape index (κ3) is 22.9. The second-order valence-electron chi connectivity index (χ2n) is 19.6. The summed E-state index contributed by atoms with van der Waals surface area (Å²) in [6.07, 6.45) is 2.17. The molecule has 0 spiro atoms. The van der Waals surface area contributed by atoms with Crippen LogP contribution in [0.4, 0.5) is 0 Å². The fourth-order valence-corrected chi connectivity index (χ4v) is 11.1. The second-order valence-corrected chi connectivity index (χ2v) is 21.7. The van der Waals surface area contributed by atoms with E-state index in [1.807, 2.05) is 18.2 Å². The van der Waals surface area contributed by atoms with E-state index in [-0.39, 0.29) is 134 Å². The van der Waals surface area contributed by atoms with E-state index < -0.39 is 72.0 Å². The van der Waals surface area contributed by atoms with Crippen LogP contribution in [0, 0.1) is 0 Å². The van der Waals surface area contributed by atoms with Crippen molar-refractivity contribution in [2.75, 3.05) is 106 Å². The van der Waals surface area contributed by atoms with Gasteiger partial charge in [-0.2, -0.15) is 0 Å². The lowest BCUT2D eigenvalue weighted by Crippen LogP contribution is -2.32. The number of hydrogen-bond donors (Lipinski definition) is 0. The van der Waals surface area contributed by atoms with Gasteiger partial charge in [0, 0.05) is 78.4 Å². The summed E-state index contributed by atoms with van der Waals surface area (Å²) in [7, 11) is 0. The van der Waals surface area contributed by atoms with E-state index >= 15 is 0 Å². The molecule has 0 saturated carbocycles. The van der Waals surface area contributed by atoms with Crippen molar-refractivity contribution in [3.8, 4) is 0 Å². The molecule has 482 valence electrons. The molecule has 5 atom stereocenters. The van der Waals surface area contributed by atoms with E-state index in [0.717, 1.165) is 29.0 Å².